The van der Waals surface area contributed by atoms with Gasteiger partial charge in [-0.05, 0) is 103 Å². The van der Waals surface area contributed by atoms with Crippen LogP contribution < -0.4 is 22.8 Å². The third kappa shape index (κ3) is 8.35. The smallest absolute Gasteiger partial charge is 0.335 e. The molecule has 0 bridgehead atoms. The summed E-state index contributed by atoms with van der Waals surface area (Å²) in [5.74, 6) is 3.96. The molecule has 1 aromatic carbocycles. The molecule has 0 atom stereocenters. The average Bonchev–Trinajstić information content (AvgIpc) is 1.54. The zero-order valence-corrected chi connectivity index (χ0v) is 55.5. The number of pyridine rings is 5. The van der Waals surface area contributed by atoms with E-state index in [2.05, 4.69) is 183 Å². The molecule has 0 N–H and O–H groups in total. The fraction of sp³-hybridized carbons (Fsp3) is 0.0897. The Hall–Kier alpha value is -13.8. The molecular formula is C78H56N23OS+5. The van der Waals surface area contributed by atoms with Crippen molar-refractivity contribution in [2.75, 3.05) is 0 Å². The van der Waals surface area contributed by atoms with Gasteiger partial charge in [-0.15, -0.1) is 0 Å². The lowest BCUT2D eigenvalue weighted by Crippen LogP contribution is -2.32. The second-order valence-corrected chi connectivity index (χ2v) is 26.8. The molecular weight excluding hydrogens is 1310 g/mol. The largest absolute Gasteiger partial charge is 0.413 e. The topological polar surface area (TPSA) is 198 Å². The Morgan fingerprint density at radius 1 is 0.359 bits per heavy atom. The molecule has 20 aromatic heterocycles. The average molecular weight is 1370 g/mol. The minimum Gasteiger partial charge on any atom is -0.413 e. The van der Waals surface area contributed by atoms with E-state index in [-0.39, 0.29) is 0 Å². The lowest BCUT2D eigenvalue weighted by molar-refractivity contribution is -0.652. The van der Waals surface area contributed by atoms with Gasteiger partial charge in [0.15, 0.2) is 38.5 Å². The Balaban J connectivity index is 0.0000000830. The summed E-state index contributed by atoms with van der Waals surface area (Å²) in [4.78, 5) is 44.4. The number of imidazole rings is 3. The number of hydrogen-bond donors (Lipinski definition) is 0. The molecule has 490 valence electrons. The normalized spacial score (nSPS) is 13.5. The van der Waals surface area contributed by atoms with Gasteiger partial charge in [-0.2, -0.15) is 13.4 Å². The van der Waals surface area contributed by atoms with Gasteiger partial charge in [-0.25, -0.2) is 61.0 Å². The van der Waals surface area contributed by atoms with Crippen molar-refractivity contribution < 1.29 is 31.4 Å². The highest BCUT2D eigenvalue weighted by Crippen LogP contribution is 2.39. The SMILES string of the molecule is Cn1c2[n+](c3c1cc1ncccn13)Cc1ncccc1-2.[2H]C([2H])([2H])n1c2[n+](c3c1cc1ncccn13)Cc1ncccc1-2.c1ccc(-n2c3[n+](c4c2cc2ncccn24)Cc2ncccc2-3)cc1.c1cnc2c(c1)-c1oc3cc4ncccn4c3[n+]1C2.c1cnc2c(c1)-c1sc3cc4ncccn4c3[n+]1C2. The molecule has 103 heavy (non-hydrogen) atoms. The second kappa shape index (κ2) is 21.8. The van der Waals surface area contributed by atoms with Crippen molar-refractivity contribution in [3.05, 3.63) is 273 Å². The van der Waals surface area contributed by atoms with E-state index in [0.29, 0.717) is 17.9 Å². The van der Waals surface area contributed by atoms with E-state index < -0.39 is 6.98 Å². The number of benzene rings is 1. The first-order valence-electron chi connectivity index (χ1n) is 35.1. The highest BCUT2D eigenvalue weighted by atomic mass is 32.1. The number of oxazole rings is 1. The van der Waals surface area contributed by atoms with Crippen LogP contribution in [0.1, 0.15) is 32.6 Å². The van der Waals surface area contributed by atoms with Crippen molar-refractivity contribution in [1.29, 1.82) is 0 Å². The summed E-state index contributed by atoms with van der Waals surface area (Å²) in [5.41, 5.74) is 26.0. The fourth-order valence-electron chi connectivity index (χ4n) is 15.9. The van der Waals surface area contributed by atoms with E-state index in [1.807, 2.05) is 165 Å². The molecule has 0 amide bonds. The minimum absolute atomic E-state index is 0.562. The van der Waals surface area contributed by atoms with Crippen molar-refractivity contribution in [1.82, 2.24) is 85.5 Å². The molecule has 21 aromatic rings. The van der Waals surface area contributed by atoms with Gasteiger partial charge in [0, 0.05) is 86.2 Å². The van der Waals surface area contributed by atoms with Gasteiger partial charge in [0.05, 0.1) is 111 Å². The van der Waals surface area contributed by atoms with Crippen LogP contribution in [0.4, 0.5) is 0 Å². The molecule has 25 heteroatoms. The Morgan fingerprint density at radius 3 is 1.31 bits per heavy atom. The molecule has 0 spiro atoms. The van der Waals surface area contributed by atoms with Crippen molar-refractivity contribution in [2.45, 2.75) is 32.7 Å². The summed E-state index contributed by atoms with van der Waals surface area (Å²) >= 11 is 1.82. The van der Waals surface area contributed by atoms with E-state index in [1.54, 1.807) is 18.6 Å². The van der Waals surface area contributed by atoms with Crippen LogP contribution in [0.3, 0.4) is 0 Å². The molecule has 24 nitrogen and oxygen atoms in total. The molecule has 0 fully saturated rings. The number of thiazole rings is 1. The van der Waals surface area contributed by atoms with Crippen LogP contribution in [-0.4, -0.2) is 85.5 Å². The van der Waals surface area contributed by atoms with E-state index in [4.69, 9.17) is 8.53 Å². The molecule has 5 aliphatic heterocycles. The highest BCUT2D eigenvalue weighted by Gasteiger charge is 2.39. The van der Waals surface area contributed by atoms with Crippen LogP contribution in [-0.2, 0) is 46.7 Å². The first kappa shape index (κ1) is 54.1. The monoisotopic (exact) mass is 1370 g/mol. The molecule has 0 radical (unpaired) electrons. The Morgan fingerprint density at radius 2 is 0.757 bits per heavy atom. The number of nitrogens with zero attached hydrogens (tertiary/aromatic N) is 23. The van der Waals surface area contributed by atoms with Crippen molar-refractivity contribution in [2.24, 2.45) is 14.0 Å². The van der Waals surface area contributed by atoms with Gasteiger partial charge < -0.3 is 4.42 Å². The predicted molar refractivity (Wildman–Crippen MR) is 384 cm³/mol. The summed E-state index contributed by atoms with van der Waals surface area (Å²) in [6.45, 7) is 1.49. The molecule has 26 rings (SSSR count). The first-order chi connectivity index (χ1) is 52.1. The van der Waals surface area contributed by atoms with E-state index in [9.17, 15) is 0 Å². The van der Waals surface area contributed by atoms with Gasteiger partial charge >= 0.3 is 11.3 Å². The Bertz CT molecular complexity index is 7090. The highest BCUT2D eigenvalue weighted by molar-refractivity contribution is 7.21. The molecule has 0 saturated carbocycles. The number of para-hydroxylation sites is 1. The number of hydrogen-bond acceptors (Lipinski definition) is 12. The van der Waals surface area contributed by atoms with Gasteiger partial charge in [-0.1, -0.05) is 29.5 Å². The maximum atomic E-state index is 7.99. The summed E-state index contributed by atoms with van der Waals surface area (Å²) in [5, 5.41) is 1.30. The molecule has 0 saturated heterocycles. The van der Waals surface area contributed by atoms with E-state index >= 15 is 0 Å². The number of aromatic nitrogens is 23. The van der Waals surface area contributed by atoms with Crippen molar-refractivity contribution in [3.8, 4) is 61.9 Å². The van der Waals surface area contributed by atoms with Crippen LogP contribution in [0, 0.1) is 0 Å². The van der Waals surface area contributed by atoms with Gasteiger partial charge in [0.1, 0.15) is 43.1 Å². The van der Waals surface area contributed by atoms with Crippen LogP contribution >= 0.6 is 11.3 Å². The molecule has 5 aliphatic rings. The number of rotatable bonds is 1. The quantitative estimate of drug-likeness (QED) is 0.142. The fourth-order valence-corrected chi connectivity index (χ4v) is 17.1. The van der Waals surface area contributed by atoms with Gasteiger partial charge in [0.2, 0.25) is 34.4 Å². The zero-order chi connectivity index (χ0) is 70.2. The second-order valence-electron chi connectivity index (χ2n) is 25.7. The predicted octanol–water partition coefficient (Wildman–Crippen LogP) is 10.1. The summed E-state index contributed by atoms with van der Waals surface area (Å²) in [6, 6.07) is 50.6. The number of fused-ring (bicyclic) bond motifs is 35. The van der Waals surface area contributed by atoms with Crippen molar-refractivity contribution >= 4 is 94.6 Å². The van der Waals surface area contributed by atoms with E-state index in [0.717, 1.165) is 134 Å². The number of aryl methyl sites for hydroxylation is 2. The lowest BCUT2D eigenvalue weighted by atomic mass is 10.2. The summed E-state index contributed by atoms with van der Waals surface area (Å²) in [6.07, 6.45) is 28.3. The van der Waals surface area contributed by atoms with Crippen LogP contribution in [0.5, 0.6) is 0 Å². The standard InChI is InChI=1S/C20H14N5.2C15H12N5.C14H9N4O.C14H9N4S/c1-2-6-14(7-3-1)25-17-12-18-22-10-5-11-23(18)20(17)24-13-16-15(19(24)25)8-4-9-21-16;2*1-18-12-8-13-17-6-3-7-19(13)15(12)20-9-11-10(14(18)20)4-2-5-16-11;2*1-3-9-10(15-4-1)8-18-13-11(19-14(9)18)7-12-16-5-2-6-17(12)13/h1-12H,13H2;2*2-8H,9H2,1H3;2*1-7H,8H2/q5*+1/i;1D3;;;. The molecule has 0 unspecified atom stereocenters. The van der Waals surface area contributed by atoms with Crippen LogP contribution in [0.15, 0.2) is 249 Å². The van der Waals surface area contributed by atoms with Gasteiger partial charge in [0.25, 0.3) is 22.8 Å². The maximum Gasteiger partial charge on any atom is 0.335 e. The van der Waals surface area contributed by atoms with Crippen LogP contribution in [0.25, 0.3) is 145 Å². The Kier molecular flexibility index (Phi) is 11.5. The summed E-state index contributed by atoms with van der Waals surface area (Å²) < 4.78 is 58.8. The third-order valence-electron chi connectivity index (χ3n) is 20.2. The summed E-state index contributed by atoms with van der Waals surface area (Å²) in [7, 11) is 2.11. The van der Waals surface area contributed by atoms with E-state index in [1.165, 1.54) is 59.4 Å². The van der Waals surface area contributed by atoms with Crippen molar-refractivity contribution in [3.63, 3.8) is 0 Å². The lowest BCUT2D eigenvalue weighted by Gasteiger charge is -2.02. The van der Waals surface area contributed by atoms with Crippen LogP contribution in [0.2, 0.25) is 0 Å². The third-order valence-corrected chi connectivity index (χ3v) is 21.3. The Labute approximate surface area is 590 Å². The zero-order valence-electron chi connectivity index (χ0n) is 57.7. The van der Waals surface area contributed by atoms with Gasteiger partial charge in [-0.3, -0.25) is 34.1 Å². The minimum atomic E-state index is -2.28. The first-order valence-corrected chi connectivity index (χ1v) is 34.5. The maximum absolute atomic E-state index is 7.99. The molecule has 0 aliphatic carbocycles. The molecule has 25 heterocycles.